The lowest BCUT2D eigenvalue weighted by Crippen LogP contribution is -2.00. The van der Waals surface area contributed by atoms with E-state index in [4.69, 9.17) is 29.9 Å². The van der Waals surface area contributed by atoms with E-state index in [-0.39, 0.29) is 0 Å². The molecule has 0 aliphatic carbocycles. The van der Waals surface area contributed by atoms with Gasteiger partial charge in [-0.1, -0.05) is 182 Å². The van der Waals surface area contributed by atoms with Crippen LogP contribution < -0.4 is 0 Å². The molecule has 0 aliphatic heterocycles. The maximum atomic E-state index is 10.6. The van der Waals surface area contributed by atoms with Gasteiger partial charge in [0.05, 0.1) is 11.6 Å². The minimum absolute atomic E-state index is 0.544. The molecule has 7 nitrogen and oxygen atoms in total. The molecule has 2 heterocycles. The highest BCUT2D eigenvalue weighted by Gasteiger charge is 2.17. The molecule has 9 aromatic carbocycles. The largest absolute Gasteiger partial charge is 0.208 e. The summed E-state index contributed by atoms with van der Waals surface area (Å²) in [7, 11) is 0. The van der Waals surface area contributed by atoms with E-state index in [1.165, 1.54) is 0 Å². The molecule has 11 aromatic rings. The third kappa shape index (κ3) is 7.53. The Morgan fingerprint density at radius 3 is 1.08 bits per heavy atom. The Morgan fingerprint density at radius 2 is 0.594 bits per heavy atom. The van der Waals surface area contributed by atoms with Crippen LogP contribution in [0.15, 0.2) is 212 Å². The summed E-state index contributed by atoms with van der Waals surface area (Å²) in [6, 6.07) is 73.7. The van der Waals surface area contributed by atoms with E-state index in [9.17, 15) is 5.26 Å². The smallest absolute Gasteiger partial charge is 0.164 e. The van der Waals surface area contributed by atoms with Gasteiger partial charge in [0.1, 0.15) is 0 Å². The zero-order chi connectivity index (χ0) is 42.8. The second-order valence-corrected chi connectivity index (χ2v) is 15.5. The minimum Gasteiger partial charge on any atom is -0.208 e. The molecule has 0 spiro atoms. The number of benzene rings is 9. The van der Waals surface area contributed by atoms with Crippen molar-refractivity contribution in [1.82, 2.24) is 29.9 Å². The number of rotatable bonds is 8. The SMILES string of the molecule is N#Cc1cc(-c2cccc(-c3nc(-c4ccccc4)nc(-c4ccc5ccccc5c4)n3)c2)ccc1-c1cccc(-c2nc(-c3ccccc3)nc(-c3ccc4ccccc4c3)n2)c1. The zero-order valence-corrected chi connectivity index (χ0v) is 34.3. The molecule has 0 saturated heterocycles. The highest BCUT2D eigenvalue weighted by molar-refractivity contribution is 5.88. The molecule has 11 rings (SSSR count). The van der Waals surface area contributed by atoms with Crippen LogP contribution in [-0.4, -0.2) is 29.9 Å². The number of nitrogens with zero attached hydrogens (tertiary/aromatic N) is 7. The molecule has 0 saturated carbocycles. The summed E-state index contributed by atoms with van der Waals surface area (Å²) in [5.41, 5.74) is 9.32. The third-order valence-electron chi connectivity index (χ3n) is 11.4. The van der Waals surface area contributed by atoms with E-state index < -0.39 is 0 Å². The molecule has 2 aromatic heterocycles. The summed E-state index contributed by atoms with van der Waals surface area (Å²) < 4.78 is 0. The molecule has 298 valence electrons. The van der Waals surface area contributed by atoms with Gasteiger partial charge in [-0.3, -0.25) is 0 Å². The van der Waals surface area contributed by atoms with Gasteiger partial charge < -0.3 is 0 Å². The van der Waals surface area contributed by atoms with Crippen LogP contribution in [0.5, 0.6) is 0 Å². The number of hydrogen-bond acceptors (Lipinski definition) is 7. The Bertz CT molecular complexity index is 3580. The predicted octanol–water partition coefficient (Wildman–Crippen LogP) is 13.6. The average molecular weight is 818 g/mol. The lowest BCUT2D eigenvalue weighted by Gasteiger charge is -2.12. The van der Waals surface area contributed by atoms with Crippen molar-refractivity contribution in [3.8, 4) is 96.7 Å². The number of hydrogen-bond donors (Lipinski definition) is 0. The Morgan fingerprint density at radius 1 is 0.250 bits per heavy atom. The normalized spacial score (nSPS) is 11.1. The lowest BCUT2D eigenvalue weighted by atomic mass is 9.94. The van der Waals surface area contributed by atoms with Gasteiger partial charge in [-0.25, -0.2) is 29.9 Å². The number of nitriles is 1. The maximum Gasteiger partial charge on any atom is 0.164 e. The van der Waals surface area contributed by atoms with E-state index in [0.29, 0.717) is 40.5 Å². The molecule has 0 unspecified atom stereocenters. The molecule has 0 aliphatic rings. The van der Waals surface area contributed by atoms with Gasteiger partial charge in [0.2, 0.25) is 0 Å². The third-order valence-corrected chi connectivity index (χ3v) is 11.4. The molecule has 0 N–H and O–H groups in total. The average Bonchev–Trinajstić information content (AvgIpc) is 3.38. The monoisotopic (exact) mass is 817 g/mol. The van der Waals surface area contributed by atoms with Crippen LogP contribution in [0.1, 0.15) is 5.56 Å². The molecule has 0 radical (unpaired) electrons. The fourth-order valence-corrected chi connectivity index (χ4v) is 8.09. The fourth-order valence-electron chi connectivity index (χ4n) is 8.09. The van der Waals surface area contributed by atoms with E-state index >= 15 is 0 Å². The van der Waals surface area contributed by atoms with Crippen molar-refractivity contribution in [3.63, 3.8) is 0 Å². The van der Waals surface area contributed by atoms with Gasteiger partial charge in [0.15, 0.2) is 34.9 Å². The van der Waals surface area contributed by atoms with Crippen LogP contribution in [0.2, 0.25) is 0 Å². The quantitative estimate of drug-likeness (QED) is 0.150. The molecule has 0 amide bonds. The highest BCUT2D eigenvalue weighted by atomic mass is 15.0. The van der Waals surface area contributed by atoms with Crippen LogP contribution in [0, 0.1) is 11.3 Å². The molecule has 64 heavy (non-hydrogen) atoms. The summed E-state index contributed by atoms with van der Waals surface area (Å²) in [6.45, 7) is 0. The standard InChI is InChI=1S/C57H35N7/c58-36-50-34-44(43-21-11-23-46(33-43)54-59-52(39-15-3-1-4-16-39)61-56(63-54)48-27-25-37-13-7-9-19-41(37)31-48)29-30-51(50)45-22-12-24-47(35-45)55-60-53(40-17-5-2-6-18-40)62-57(64-55)49-28-26-38-14-8-10-20-42(38)32-49/h1-35H. The van der Waals surface area contributed by atoms with E-state index in [1.807, 2.05) is 140 Å². The predicted molar refractivity (Wildman–Crippen MR) is 256 cm³/mol. The van der Waals surface area contributed by atoms with E-state index in [0.717, 1.165) is 77.2 Å². The Kier molecular flexibility index (Phi) is 9.77. The topological polar surface area (TPSA) is 101 Å². The minimum atomic E-state index is 0.544. The first-order valence-corrected chi connectivity index (χ1v) is 21.0. The molecule has 0 fully saturated rings. The van der Waals surface area contributed by atoms with E-state index in [2.05, 4.69) is 78.9 Å². The van der Waals surface area contributed by atoms with Crippen LogP contribution >= 0.6 is 0 Å². The number of fused-ring (bicyclic) bond motifs is 2. The summed E-state index contributed by atoms with van der Waals surface area (Å²) >= 11 is 0. The van der Waals surface area contributed by atoms with E-state index in [1.54, 1.807) is 0 Å². The van der Waals surface area contributed by atoms with Crippen molar-refractivity contribution < 1.29 is 0 Å². The van der Waals surface area contributed by atoms with Crippen molar-refractivity contribution in [1.29, 1.82) is 5.26 Å². The first-order chi connectivity index (χ1) is 31.6. The lowest BCUT2D eigenvalue weighted by molar-refractivity contribution is 1.07. The van der Waals surface area contributed by atoms with Gasteiger partial charge in [-0.05, 0) is 74.1 Å². The van der Waals surface area contributed by atoms with Crippen LogP contribution in [0.3, 0.4) is 0 Å². The van der Waals surface area contributed by atoms with Crippen LogP contribution in [0.4, 0.5) is 0 Å². The summed E-state index contributed by atoms with van der Waals surface area (Å²) in [6.07, 6.45) is 0. The van der Waals surface area contributed by atoms with Crippen molar-refractivity contribution >= 4 is 21.5 Å². The van der Waals surface area contributed by atoms with Crippen LogP contribution in [0.25, 0.3) is 112 Å². The summed E-state index contributed by atoms with van der Waals surface area (Å²) in [5, 5.41) is 15.1. The maximum absolute atomic E-state index is 10.6. The molecular weight excluding hydrogens is 783 g/mol. The Hall–Kier alpha value is -8.99. The van der Waals surface area contributed by atoms with Crippen molar-refractivity contribution in [2.24, 2.45) is 0 Å². The van der Waals surface area contributed by atoms with Crippen molar-refractivity contribution in [3.05, 3.63) is 218 Å². The van der Waals surface area contributed by atoms with Crippen molar-refractivity contribution in [2.75, 3.05) is 0 Å². The number of aromatic nitrogens is 6. The molecule has 0 bridgehead atoms. The van der Waals surface area contributed by atoms with Gasteiger partial charge in [0.25, 0.3) is 0 Å². The van der Waals surface area contributed by atoms with Gasteiger partial charge in [0, 0.05) is 33.4 Å². The fraction of sp³-hybridized carbons (Fsp3) is 0. The second-order valence-electron chi connectivity index (χ2n) is 15.5. The first kappa shape index (κ1) is 38.0. The Balaban J connectivity index is 0.952. The molecule has 7 heteroatoms. The highest BCUT2D eigenvalue weighted by Crippen LogP contribution is 2.34. The summed E-state index contributed by atoms with van der Waals surface area (Å²) in [4.78, 5) is 29.9. The van der Waals surface area contributed by atoms with Gasteiger partial charge in [-0.2, -0.15) is 5.26 Å². The molecule has 0 atom stereocenters. The van der Waals surface area contributed by atoms with Crippen molar-refractivity contribution in [2.45, 2.75) is 0 Å². The first-order valence-electron chi connectivity index (χ1n) is 21.0. The van der Waals surface area contributed by atoms with Gasteiger partial charge >= 0.3 is 0 Å². The Labute approximate surface area is 369 Å². The summed E-state index contributed by atoms with van der Waals surface area (Å²) in [5.74, 6) is 3.46. The second kappa shape index (κ2) is 16.5. The van der Waals surface area contributed by atoms with Crippen LogP contribution in [-0.2, 0) is 0 Å². The molecular formula is C57H35N7. The zero-order valence-electron chi connectivity index (χ0n) is 34.3. The van der Waals surface area contributed by atoms with Gasteiger partial charge in [-0.15, -0.1) is 0 Å².